The molecule has 0 nitrogen and oxygen atoms in total. The zero-order valence-electron chi connectivity index (χ0n) is 37.9. The van der Waals surface area contributed by atoms with Crippen molar-refractivity contribution in [3.63, 3.8) is 0 Å². The standard InChI is InChI=1S/C68H44/c1-41-18-15-19-42(2)60(41)53-37-39-58-64-52(53)29-17-31-56(64)67-62(46-26-13-6-14-27-46)59-40-47(32-33-54(59)61(68(58)67)45-24-11-5-12-25-45)48-34-38-57-63-51(48)28-16-30-55(63)65-49(43-20-7-3-8-21-43)35-36-50(66(57)65)44-22-9-4-10-23-44/h3-40H,1-2H3. The van der Waals surface area contributed by atoms with Crippen LogP contribution in [-0.2, 0) is 0 Å². The second-order valence-electron chi connectivity index (χ2n) is 18.7. The highest BCUT2D eigenvalue weighted by molar-refractivity contribution is 6.30. The highest BCUT2D eigenvalue weighted by atomic mass is 14.4. The van der Waals surface area contributed by atoms with Crippen LogP contribution in [-0.4, -0.2) is 0 Å². The average Bonchev–Trinajstić information content (AvgIpc) is 3.91. The van der Waals surface area contributed by atoms with Crippen LogP contribution in [0.25, 0.3) is 144 Å². The Bertz CT molecular complexity index is 3950. The van der Waals surface area contributed by atoms with E-state index in [4.69, 9.17) is 0 Å². The Hall–Kier alpha value is -8.58. The molecule has 0 aromatic heterocycles. The second-order valence-corrected chi connectivity index (χ2v) is 18.7. The predicted octanol–water partition coefficient (Wildman–Crippen LogP) is 19.1. The Balaban J connectivity index is 1.06. The van der Waals surface area contributed by atoms with E-state index in [0.29, 0.717) is 0 Å². The number of hydrogen-bond acceptors (Lipinski definition) is 0. The summed E-state index contributed by atoms with van der Waals surface area (Å²) in [4.78, 5) is 0. The average molecular weight is 861 g/mol. The van der Waals surface area contributed by atoms with Crippen LogP contribution in [0.15, 0.2) is 231 Å². The molecule has 0 bridgehead atoms. The van der Waals surface area contributed by atoms with Crippen molar-refractivity contribution in [1.29, 1.82) is 0 Å². The molecular weight excluding hydrogens is 817 g/mol. The lowest BCUT2D eigenvalue weighted by atomic mass is 9.81. The van der Waals surface area contributed by atoms with Gasteiger partial charge >= 0.3 is 0 Å². The molecule has 0 heteroatoms. The summed E-state index contributed by atoms with van der Waals surface area (Å²) < 4.78 is 0. The van der Waals surface area contributed by atoms with Crippen molar-refractivity contribution in [3.8, 4) is 111 Å². The maximum Gasteiger partial charge on any atom is -0.000741 e. The Morgan fingerprint density at radius 2 is 0.588 bits per heavy atom. The lowest BCUT2D eigenvalue weighted by molar-refractivity contribution is 1.38. The Morgan fingerprint density at radius 3 is 1.13 bits per heavy atom. The minimum atomic E-state index is 1.21. The van der Waals surface area contributed by atoms with Crippen molar-refractivity contribution in [2.75, 3.05) is 0 Å². The van der Waals surface area contributed by atoms with Gasteiger partial charge in [0, 0.05) is 0 Å². The molecule has 0 unspecified atom stereocenters. The molecular formula is C68H44. The van der Waals surface area contributed by atoms with Gasteiger partial charge in [0.15, 0.2) is 0 Å². The van der Waals surface area contributed by atoms with Crippen LogP contribution in [0.4, 0.5) is 0 Å². The van der Waals surface area contributed by atoms with Crippen molar-refractivity contribution in [3.05, 3.63) is 242 Å². The van der Waals surface area contributed by atoms with E-state index in [1.165, 1.54) is 155 Å². The Kier molecular flexibility index (Phi) is 8.51. The van der Waals surface area contributed by atoms with Gasteiger partial charge in [-0.3, -0.25) is 0 Å². The molecule has 0 saturated carbocycles. The second kappa shape index (κ2) is 15.0. The molecule has 0 saturated heterocycles. The van der Waals surface area contributed by atoms with E-state index in [-0.39, 0.29) is 0 Å². The first-order chi connectivity index (χ1) is 33.6. The van der Waals surface area contributed by atoms with Gasteiger partial charge in [0.1, 0.15) is 0 Å². The van der Waals surface area contributed by atoms with E-state index in [1.54, 1.807) is 0 Å². The van der Waals surface area contributed by atoms with Crippen molar-refractivity contribution < 1.29 is 0 Å². The molecule has 68 heavy (non-hydrogen) atoms. The summed E-state index contributed by atoms with van der Waals surface area (Å²) in [6, 6.07) is 86.2. The quantitative estimate of drug-likeness (QED) is 0.156. The van der Waals surface area contributed by atoms with E-state index in [1.807, 2.05) is 0 Å². The van der Waals surface area contributed by atoms with Gasteiger partial charge < -0.3 is 0 Å². The molecule has 0 heterocycles. The van der Waals surface area contributed by atoms with Gasteiger partial charge in [0.2, 0.25) is 0 Å². The first kappa shape index (κ1) is 38.7. The van der Waals surface area contributed by atoms with Crippen LogP contribution in [0.3, 0.4) is 0 Å². The molecule has 14 rings (SSSR count). The van der Waals surface area contributed by atoms with Gasteiger partial charge in [-0.05, 0) is 175 Å². The molecule has 2 aliphatic carbocycles. The highest BCUT2D eigenvalue weighted by Gasteiger charge is 2.33. The van der Waals surface area contributed by atoms with Crippen molar-refractivity contribution in [1.82, 2.24) is 0 Å². The van der Waals surface area contributed by atoms with E-state index in [2.05, 4.69) is 244 Å². The lowest BCUT2D eigenvalue weighted by Gasteiger charge is -2.21. The van der Waals surface area contributed by atoms with Gasteiger partial charge in [0.05, 0.1) is 0 Å². The zero-order chi connectivity index (χ0) is 45.0. The fraction of sp³-hybridized carbons (Fsp3) is 0.0294. The number of benzene rings is 12. The van der Waals surface area contributed by atoms with Gasteiger partial charge in [0.25, 0.3) is 0 Å². The van der Waals surface area contributed by atoms with E-state index in [0.717, 1.165) is 0 Å². The molecule has 316 valence electrons. The molecule has 0 atom stereocenters. The first-order valence-corrected chi connectivity index (χ1v) is 23.8. The zero-order valence-corrected chi connectivity index (χ0v) is 37.9. The summed E-state index contributed by atoms with van der Waals surface area (Å²) in [6.07, 6.45) is 0. The van der Waals surface area contributed by atoms with E-state index >= 15 is 0 Å². The molecule has 2 aliphatic rings. The van der Waals surface area contributed by atoms with Gasteiger partial charge in [-0.25, -0.2) is 0 Å². The normalized spacial score (nSPS) is 12.0. The molecule has 0 N–H and O–H groups in total. The third-order valence-corrected chi connectivity index (χ3v) is 15.0. The molecule has 12 aromatic rings. The highest BCUT2D eigenvalue weighted by Crippen LogP contribution is 2.60. The Labute approximate surface area is 397 Å². The van der Waals surface area contributed by atoms with Crippen LogP contribution >= 0.6 is 0 Å². The van der Waals surface area contributed by atoms with Gasteiger partial charge in [-0.1, -0.05) is 224 Å². The van der Waals surface area contributed by atoms with Crippen LogP contribution in [0, 0.1) is 13.8 Å². The van der Waals surface area contributed by atoms with Crippen LogP contribution in [0.1, 0.15) is 11.1 Å². The van der Waals surface area contributed by atoms with Crippen LogP contribution < -0.4 is 0 Å². The number of fused-ring (bicyclic) bond motifs is 7. The summed E-state index contributed by atoms with van der Waals surface area (Å²) >= 11 is 0. The molecule has 0 aliphatic heterocycles. The van der Waals surface area contributed by atoms with Crippen molar-refractivity contribution in [2.24, 2.45) is 0 Å². The van der Waals surface area contributed by atoms with E-state index < -0.39 is 0 Å². The van der Waals surface area contributed by atoms with Gasteiger partial charge in [-0.15, -0.1) is 0 Å². The number of hydrogen-bond donors (Lipinski definition) is 0. The summed E-state index contributed by atoms with van der Waals surface area (Å²) in [6.45, 7) is 4.49. The summed E-state index contributed by atoms with van der Waals surface area (Å²) in [5.74, 6) is 0. The van der Waals surface area contributed by atoms with Crippen molar-refractivity contribution in [2.45, 2.75) is 13.8 Å². The first-order valence-electron chi connectivity index (χ1n) is 23.8. The molecule has 12 aromatic carbocycles. The largest absolute Gasteiger partial charge is 0.0622 e. The summed E-state index contributed by atoms with van der Waals surface area (Å²) in [7, 11) is 0. The fourth-order valence-electron chi connectivity index (χ4n) is 12.2. The topological polar surface area (TPSA) is 0 Å². The van der Waals surface area contributed by atoms with Crippen LogP contribution in [0.2, 0.25) is 0 Å². The lowest BCUT2D eigenvalue weighted by Crippen LogP contribution is -1.94. The SMILES string of the molecule is Cc1cccc(C)c1-c1ccc2c3c(cccc13)-c1c-2c(-c2ccccc2)c2ccc(-c3ccc4c5c(cccc35)-c3c(-c5ccccc5)ccc(-c5ccccc5)c3-4)cc2c1-c1ccccc1. The molecule has 0 fully saturated rings. The Morgan fingerprint density at radius 1 is 0.191 bits per heavy atom. The third kappa shape index (κ3) is 5.55. The number of aryl methyl sites for hydroxylation is 2. The third-order valence-electron chi connectivity index (χ3n) is 15.0. The molecule has 0 amide bonds. The summed E-state index contributed by atoms with van der Waals surface area (Å²) in [5.41, 5.74) is 28.2. The van der Waals surface area contributed by atoms with Crippen LogP contribution in [0.5, 0.6) is 0 Å². The maximum absolute atomic E-state index is 2.51. The minimum Gasteiger partial charge on any atom is -0.0622 e. The summed E-state index contributed by atoms with van der Waals surface area (Å²) in [5, 5.41) is 7.76. The van der Waals surface area contributed by atoms with Gasteiger partial charge in [-0.2, -0.15) is 0 Å². The maximum atomic E-state index is 2.51. The fourth-order valence-corrected chi connectivity index (χ4v) is 12.2. The van der Waals surface area contributed by atoms with E-state index in [9.17, 15) is 0 Å². The number of rotatable bonds is 6. The smallest absolute Gasteiger partial charge is 0.000741 e. The van der Waals surface area contributed by atoms with Crippen molar-refractivity contribution >= 4 is 32.3 Å². The molecule has 0 radical (unpaired) electrons. The minimum absolute atomic E-state index is 1.21. The monoisotopic (exact) mass is 860 g/mol. The predicted molar refractivity (Wildman–Crippen MR) is 290 cm³/mol. The molecule has 0 spiro atoms.